The van der Waals surface area contributed by atoms with Crippen LogP contribution in [0.4, 0.5) is 4.79 Å². The minimum absolute atomic E-state index is 0.120. The number of aliphatic hydroxyl groups is 1. The van der Waals surface area contributed by atoms with Crippen molar-refractivity contribution < 1.29 is 19.4 Å². The van der Waals surface area contributed by atoms with E-state index in [2.05, 4.69) is 6.58 Å². The number of carbonyl (C=O) groups excluding carboxylic acids is 2. The first kappa shape index (κ1) is 14.7. The molecule has 0 saturated carbocycles. The second kappa shape index (κ2) is 5.52. The minimum atomic E-state index is -0.946. The SMILES string of the molecule is C=C(C)[C@H](O)[C@@H](C)C(=O)N1C(=O)OC[C@@H]1C(C)C. The lowest BCUT2D eigenvalue weighted by atomic mass is 9.96. The van der Waals surface area contributed by atoms with Crippen LogP contribution in [0.25, 0.3) is 0 Å². The fraction of sp³-hybridized carbons (Fsp3) is 0.692. The molecule has 0 aromatic heterocycles. The van der Waals surface area contributed by atoms with Crippen LogP contribution < -0.4 is 0 Å². The van der Waals surface area contributed by atoms with Gasteiger partial charge in [0.05, 0.1) is 18.1 Å². The summed E-state index contributed by atoms with van der Waals surface area (Å²) in [7, 11) is 0. The van der Waals surface area contributed by atoms with Crippen molar-refractivity contribution in [2.24, 2.45) is 11.8 Å². The van der Waals surface area contributed by atoms with E-state index in [4.69, 9.17) is 4.74 Å². The molecule has 0 aromatic rings. The number of cyclic esters (lactones) is 1. The third-order valence-corrected chi connectivity index (χ3v) is 3.28. The Balaban J connectivity index is 2.87. The van der Waals surface area contributed by atoms with Crippen LogP contribution in [0.15, 0.2) is 12.2 Å². The van der Waals surface area contributed by atoms with Crippen molar-refractivity contribution in [3.63, 3.8) is 0 Å². The summed E-state index contributed by atoms with van der Waals surface area (Å²) in [6.07, 6.45) is -1.57. The maximum atomic E-state index is 12.2. The molecule has 0 aliphatic carbocycles. The molecule has 0 radical (unpaired) electrons. The van der Waals surface area contributed by atoms with E-state index < -0.39 is 24.0 Å². The summed E-state index contributed by atoms with van der Waals surface area (Å²) in [5.74, 6) is -0.990. The number of rotatable bonds is 4. The molecule has 0 unspecified atom stereocenters. The van der Waals surface area contributed by atoms with Gasteiger partial charge in [-0.2, -0.15) is 0 Å². The lowest BCUT2D eigenvalue weighted by Gasteiger charge is -2.27. The van der Waals surface area contributed by atoms with Gasteiger partial charge in [0.25, 0.3) is 0 Å². The predicted octanol–water partition coefficient (Wildman–Crippen LogP) is 1.56. The number of hydrogen-bond acceptors (Lipinski definition) is 4. The summed E-state index contributed by atoms with van der Waals surface area (Å²) in [6.45, 7) is 10.9. The van der Waals surface area contributed by atoms with Gasteiger partial charge in [-0.1, -0.05) is 32.9 Å². The summed E-state index contributed by atoms with van der Waals surface area (Å²) in [6, 6.07) is -0.259. The van der Waals surface area contributed by atoms with E-state index in [0.29, 0.717) is 5.57 Å². The van der Waals surface area contributed by atoms with Gasteiger partial charge in [0.15, 0.2) is 0 Å². The highest BCUT2D eigenvalue weighted by Gasteiger charge is 2.42. The van der Waals surface area contributed by atoms with Crippen molar-refractivity contribution in [2.75, 3.05) is 6.61 Å². The van der Waals surface area contributed by atoms with Crippen molar-refractivity contribution in [3.8, 4) is 0 Å². The predicted molar refractivity (Wildman–Crippen MR) is 66.8 cm³/mol. The molecule has 102 valence electrons. The molecule has 0 aromatic carbocycles. The highest BCUT2D eigenvalue weighted by molar-refractivity contribution is 5.95. The summed E-state index contributed by atoms with van der Waals surface area (Å²) in [5, 5.41) is 9.84. The van der Waals surface area contributed by atoms with Gasteiger partial charge in [-0.05, 0) is 12.8 Å². The molecule has 1 rings (SSSR count). The topological polar surface area (TPSA) is 66.8 Å². The van der Waals surface area contributed by atoms with Crippen LogP contribution in [0.1, 0.15) is 27.7 Å². The average Bonchev–Trinajstić information content (AvgIpc) is 2.68. The van der Waals surface area contributed by atoms with Gasteiger partial charge < -0.3 is 9.84 Å². The maximum absolute atomic E-state index is 12.2. The molecule has 0 spiro atoms. The summed E-state index contributed by atoms with van der Waals surface area (Å²) >= 11 is 0. The molecule has 1 aliphatic heterocycles. The Labute approximate surface area is 107 Å². The Hall–Kier alpha value is -1.36. The van der Waals surface area contributed by atoms with Gasteiger partial charge in [0, 0.05) is 0 Å². The van der Waals surface area contributed by atoms with Crippen LogP contribution in [0.3, 0.4) is 0 Å². The highest BCUT2D eigenvalue weighted by Crippen LogP contribution is 2.24. The zero-order chi connectivity index (χ0) is 14.0. The van der Waals surface area contributed by atoms with Gasteiger partial charge in [-0.15, -0.1) is 0 Å². The monoisotopic (exact) mass is 255 g/mol. The smallest absolute Gasteiger partial charge is 0.416 e. The van der Waals surface area contributed by atoms with E-state index in [9.17, 15) is 14.7 Å². The third-order valence-electron chi connectivity index (χ3n) is 3.28. The Bertz CT molecular complexity index is 364. The molecule has 5 nitrogen and oxygen atoms in total. The van der Waals surface area contributed by atoms with Gasteiger partial charge in [-0.25, -0.2) is 9.69 Å². The lowest BCUT2D eigenvalue weighted by molar-refractivity contribution is -0.136. The second-order valence-corrected chi connectivity index (χ2v) is 5.18. The molecule has 5 heteroatoms. The van der Waals surface area contributed by atoms with Gasteiger partial charge in [0.1, 0.15) is 6.61 Å². The number of nitrogens with zero attached hydrogens (tertiary/aromatic N) is 1. The van der Waals surface area contributed by atoms with Crippen LogP contribution in [-0.2, 0) is 9.53 Å². The zero-order valence-electron chi connectivity index (χ0n) is 11.3. The van der Waals surface area contributed by atoms with E-state index in [1.165, 1.54) is 0 Å². The van der Waals surface area contributed by atoms with Gasteiger partial charge >= 0.3 is 6.09 Å². The number of ether oxygens (including phenoxy) is 1. The summed E-state index contributed by atoms with van der Waals surface area (Å²) in [4.78, 5) is 25.0. The Kier molecular flexibility index (Phi) is 4.51. The van der Waals surface area contributed by atoms with Crippen LogP contribution in [-0.4, -0.2) is 40.8 Å². The van der Waals surface area contributed by atoms with Crippen LogP contribution >= 0.6 is 0 Å². The Morgan fingerprint density at radius 2 is 2.06 bits per heavy atom. The van der Waals surface area contributed by atoms with Crippen molar-refractivity contribution in [3.05, 3.63) is 12.2 Å². The fourth-order valence-electron chi connectivity index (χ4n) is 1.96. The Morgan fingerprint density at radius 3 is 2.50 bits per heavy atom. The second-order valence-electron chi connectivity index (χ2n) is 5.18. The average molecular weight is 255 g/mol. The molecular weight excluding hydrogens is 234 g/mol. The molecule has 1 heterocycles. The highest BCUT2D eigenvalue weighted by atomic mass is 16.6. The molecule has 18 heavy (non-hydrogen) atoms. The van der Waals surface area contributed by atoms with E-state index in [1.807, 2.05) is 13.8 Å². The standard InChI is InChI=1S/C13H21NO4/c1-7(2)10-6-18-13(17)14(10)12(16)9(5)11(15)8(3)4/h7,9-11,15H,3,6H2,1-2,4-5H3/t9-,10-,11+/m1/s1. The Morgan fingerprint density at radius 1 is 1.50 bits per heavy atom. The number of imide groups is 1. The molecule has 1 aliphatic rings. The zero-order valence-corrected chi connectivity index (χ0v) is 11.3. The van der Waals surface area contributed by atoms with Crippen molar-refractivity contribution in [1.29, 1.82) is 0 Å². The van der Waals surface area contributed by atoms with E-state index in [1.54, 1.807) is 13.8 Å². The third kappa shape index (κ3) is 2.72. The molecular formula is C13H21NO4. The largest absolute Gasteiger partial charge is 0.447 e. The first-order chi connectivity index (χ1) is 8.27. The molecule has 1 saturated heterocycles. The van der Waals surface area contributed by atoms with E-state index >= 15 is 0 Å². The van der Waals surface area contributed by atoms with Gasteiger partial charge in [-0.3, -0.25) is 4.79 Å². The van der Waals surface area contributed by atoms with Crippen molar-refractivity contribution in [1.82, 2.24) is 4.90 Å². The van der Waals surface area contributed by atoms with E-state index in [0.717, 1.165) is 4.90 Å². The quantitative estimate of drug-likeness (QED) is 0.774. The first-order valence-electron chi connectivity index (χ1n) is 6.10. The number of amides is 2. The molecule has 2 amide bonds. The van der Waals surface area contributed by atoms with Crippen LogP contribution in [0, 0.1) is 11.8 Å². The van der Waals surface area contributed by atoms with Crippen LogP contribution in [0.2, 0.25) is 0 Å². The van der Waals surface area contributed by atoms with Gasteiger partial charge in [0.2, 0.25) is 5.91 Å². The number of carbonyl (C=O) groups is 2. The van der Waals surface area contributed by atoms with Crippen molar-refractivity contribution in [2.45, 2.75) is 39.8 Å². The first-order valence-corrected chi connectivity index (χ1v) is 6.10. The maximum Gasteiger partial charge on any atom is 0.416 e. The lowest BCUT2D eigenvalue weighted by Crippen LogP contribution is -2.46. The summed E-state index contributed by atoms with van der Waals surface area (Å²) < 4.78 is 4.91. The summed E-state index contributed by atoms with van der Waals surface area (Å²) in [5.41, 5.74) is 0.504. The van der Waals surface area contributed by atoms with Crippen LogP contribution in [0.5, 0.6) is 0 Å². The fourth-order valence-corrected chi connectivity index (χ4v) is 1.96. The van der Waals surface area contributed by atoms with E-state index in [-0.39, 0.29) is 18.6 Å². The molecule has 3 atom stereocenters. The molecule has 1 N–H and O–H groups in total. The van der Waals surface area contributed by atoms with Crippen molar-refractivity contribution >= 4 is 12.0 Å². The normalized spacial score (nSPS) is 22.9. The molecule has 0 bridgehead atoms. The molecule has 1 fully saturated rings. The minimum Gasteiger partial charge on any atom is -0.447 e. The number of hydrogen-bond donors (Lipinski definition) is 1. The number of aliphatic hydroxyl groups excluding tert-OH is 1.